The van der Waals surface area contributed by atoms with Crippen molar-refractivity contribution in [2.45, 2.75) is 91.5 Å². The van der Waals surface area contributed by atoms with Gasteiger partial charge in [-0.05, 0) is 87.5 Å². The fourth-order valence-corrected chi connectivity index (χ4v) is 6.37. The zero-order valence-electron chi connectivity index (χ0n) is 16.6. The Kier molecular flexibility index (Phi) is 4.01. The Morgan fingerprint density at radius 3 is 2.48 bits per heavy atom. The van der Waals surface area contributed by atoms with Crippen molar-refractivity contribution in [3.63, 3.8) is 0 Å². The van der Waals surface area contributed by atoms with Crippen LogP contribution in [0.2, 0.25) is 0 Å². The van der Waals surface area contributed by atoms with Gasteiger partial charge >= 0.3 is 0 Å². The Labute approximate surface area is 152 Å². The SMILES string of the molecule is CC1=C2CCC3CC(C)(C4COC(C)(C)O4)CCC3(C)C2CCC1=O. The molecule has 0 amide bonds. The Balaban J connectivity index is 1.57. The number of carbonyl (C=O) groups is 1. The zero-order valence-corrected chi connectivity index (χ0v) is 16.6. The molecular weight excluding hydrogens is 312 g/mol. The lowest BCUT2D eigenvalue weighted by Gasteiger charge is -2.58. The van der Waals surface area contributed by atoms with Crippen LogP contribution in [0.15, 0.2) is 11.1 Å². The Bertz CT molecular complexity index is 619. The molecule has 0 spiro atoms. The molecule has 0 N–H and O–H groups in total. The van der Waals surface area contributed by atoms with E-state index in [1.165, 1.54) is 31.3 Å². The quantitative estimate of drug-likeness (QED) is 0.667. The molecule has 4 rings (SSSR count). The second kappa shape index (κ2) is 5.66. The van der Waals surface area contributed by atoms with Crippen LogP contribution in [0.25, 0.3) is 0 Å². The van der Waals surface area contributed by atoms with Crippen molar-refractivity contribution in [3.8, 4) is 0 Å². The van der Waals surface area contributed by atoms with Crippen LogP contribution in [0.4, 0.5) is 0 Å². The first-order valence-corrected chi connectivity index (χ1v) is 10.2. The second-order valence-electron chi connectivity index (χ2n) is 10.1. The molecule has 0 bridgehead atoms. The molecule has 0 aromatic heterocycles. The van der Waals surface area contributed by atoms with E-state index in [1.807, 2.05) is 13.8 Å². The molecule has 1 aliphatic heterocycles. The summed E-state index contributed by atoms with van der Waals surface area (Å²) in [6.07, 6.45) is 8.12. The third kappa shape index (κ3) is 2.73. The van der Waals surface area contributed by atoms with Crippen LogP contribution in [-0.2, 0) is 14.3 Å². The summed E-state index contributed by atoms with van der Waals surface area (Å²) < 4.78 is 12.1. The van der Waals surface area contributed by atoms with Crippen molar-refractivity contribution in [2.75, 3.05) is 6.61 Å². The van der Waals surface area contributed by atoms with Crippen molar-refractivity contribution in [1.82, 2.24) is 0 Å². The first-order valence-electron chi connectivity index (χ1n) is 10.2. The number of hydrogen-bond acceptors (Lipinski definition) is 3. The molecule has 1 heterocycles. The summed E-state index contributed by atoms with van der Waals surface area (Å²) in [5.41, 5.74) is 3.18. The van der Waals surface area contributed by atoms with Crippen LogP contribution in [-0.4, -0.2) is 24.3 Å². The fraction of sp³-hybridized carbons (Fsp3) is 0.864. The molecule has 0 radical (unpaired) electrons. The lowest BCUT2D eigenvalue weighted by Crippen LogP contribution is -2.51. The molecule has 4 aliphatic rings. The van der Waals surface area contributed by atoms with Crippen molar-refractivity contribution < 1.29 is 14.3 Å². The molecule has 3 aliphatic carbocycles. The molecule has 0 aromatic rings. The van der Waals surface area contributed by atoms with Crippen molar-refractivity contribution >= 4 is 5.78 Å². The van der Waals surface area contributed by atoms with Crippen LogP contribution < -0.4 is 0 Å². The maximum Gasteiger partial charge on any atom is 0.163 e. The second-order valence-corrected chi connectivity index (χ2v) is 10.1. The van der Waals surface area contributed by atoms with E-state index in [4.69, 9.17) is 9.47 Å². The molecule has 3 nitrogen and oxygen atoms in total. The molecular formula is C22H34O3. The van der Waals surface area contributed by atoms with Gasteiger partial charge in [-0.3, -0.25) is 4.79 Å². The number of Topliss-reactive ketones (excluding diaryl/α,β-unsaturated/α-hetero) is 1. The summed E-state index contributed by atoms with van der Waals surface area (Å²) in [6, 6.07) is 0. The topological polar surface area (TPSA) is 35.5 Å². The number of fused-ring (bicyclic) bond motifs is 3. The van der Waals surface area contributed by atoms with Gasteiger partial charge in [-0.2, -0.15) is 0 Å². The van der Waals surface area contributed by atoms with Crippen LogP contribution in [0.3, 0.4) is 0 Å². The minimum Gasteiger partial charge on any atom is -0.348 e. The summed E-state index contributed by atoms with van der Waals surface area (Å²) in [4.78, 5) is 12.2. The summed E-state index contributed by atoms with van der Waals surface area (Å²) in [7, 11) is 0. The van der Waals surface area contributed by atoms with E-state index < -0.39 is 5.79 Å². The van der Waals surface area contributed by atoms with E-state index in [1.54, 1.807) is 0 Å². The van der Waals surface area contributed by atoms with Gasteiger partial charge in [0.25, 0.3) is 0 Å². The molecule has 1 saturated heterocycles. The largest absolute Gasteiger partial charge is 0.348 e. The number of hydrogen-bond donors (Lipinski definition) is 0. The number of rotatable bonds is 1. The molecule has 0 aromatic carbocycles. The normalized spacial score (nSPS) is 46.8. The number of ether oxygens (including phenoxy) is 2. The zero-order chi connectivity index (χ0) is 18.0. The highest BCUT2D eigenvalue weighted by atomic mass is 16.7. The van der Waals surface area contributed by atoms with Gasteiger partial charge in [0.1, 0.15) is 0 Å². The first kappa shape index (κ1) is 17.7. The monoisotopic (exact) mass is 346 g/mol. The van der Waals surface area contributed by atoms with E-state index in [0.29, 0.717) is 17.1 Å². The standard InChI is InChI=1S/C22H34O3/c1-14-16-7-6-15-12-21(4,19-13-24-20(2,3)25-19)10-11-22(15,5)17(16)8-9-18(14)23/h15,17,19H,6-13H2,1-5H3. The average Bonchev–Trinajstić information content (AvgIpc) is 2.92. The van der Waals surface area contributed by atoms with E-state index in [9.17, 15) is 4.79 Å². The Morgan fingerprint density at radius 2 is 1.80 bits per heavy atom. The van der Waals surface area contributed by atoms with Gasteiger partial charge in [0.2, 0.25) is 0 Å². The van der Waals surface area contributed by atoms with Gasteiger partial charge in [0, 0.05) is 6.42 Å². The van der Waals surface area contributed by atoms with Crippen LogP contribution in [0, 0.1) is 22.7 Å². The lowest BCUT2D eigenvalue weighted by molar-refractivity contribution is -0.164. The number of ketones is 1. The van der Waals surface area contributed by atoms with Gasteiger partial charge in [-0.25, -0.2) is 0 Å². The molecule has 5 unspecified atom stereocenters. The minimum atomic E-state index is -0.433. The van der Waals surface area contributed by atoms with Gasteiger partial charge in [0.05, 0.1) is 12.7 Å². The highest BCUT2D eigenvalue weighted by molar-refractivity contribution is 5.96. The highest BCUT2D eigenvalue weighted by Gasteiger charge is 2.56. The number of carbonyl (C=O) groups excluding carboxylic acids is 1. The predicted molar refractivity (Wildman–Crippen MR) is 98.1 cm³/mol. The third-order valence-electron chi connectivity index (χ3n) is 8.20. The average molecular weight is 347 g/mol. The maximum atomic E-state index is 12.2. The van der Waals surface area contributed by atoms with Gasteiger partial charge in [0.15, 0.2) is 11.6 Å². The van der Waals surface area contributed by atoms with Crippen molar-refractivity contribution in [3.05, 3.63) is 11.1 Å². The number of allylic oxidation sites excluding steroid dienone is 2. The highest BCUT2D eigenvalue weighted by Crippen LogP contribution is 2.62. The summed E-state index contributed by atoms with van der Waals surface area (Å²) in [6.45, 7) is 11.8. The van der Waals surface area contributed by atoms with Crippen LogP contribution in [0.5, 0.6) is 0 Å². The Morgan fingerprint density at radius 1 is 1.04 bits per heavy atom. The van der Waals surface area contributed by atoms with E-state index in [2.05, 4.69) is 20.8 Å². The fourth-order valence-electron chi connectivity index (χ4n) is 6.37. The summed E-state index contributed by atoms with van der Waals surface area (Å²) in [5.74, 6) is 1.34. The van der Waals surface area contributed by atoms with E-state index >= 15 is 0 Å². The van der Waals surface area contributed by atoms with Crippen molar-refractivity contribution in [2.24, 2.45) is 22.7 Å². The van der Waals surface area contributed by atoms with Gasteiger partial charge in [-0.15, -0.1) is 0 Å². The molecule has 3 heteroatoms. The van der Waals surface area contributed by atoms with Crippen LogP contribution >= 0.6 is 0 Å². The predicted octanol–water partition coefficient (Wildman–Crippen LogP) is 5.04. The summed E-state index contributed by atoms with van der Waals surface area (Å²) >= 11 is 0. The Hall–Kier alpha value is -0.670. The first-order chi connectivity index (χ1) is 11.6. The minimum absolute atomic E-state index is 0.221. The smallest absolute Gasteiger partial charge is 0.163 e. The van der Waals surface area contributed by atoms with E-state index in [-0.39, 0.29) is 11.5 Å². The molecule has 3 fully saturated rings. The molecule has 5 atom stereocenters. The maximum absolute atomic E-state index is 12.2. The third-order valence-corrected chi connectivity index (χ3v) is 8.20. The van der Waals surface area contributed by atoms with Crippen LogP contribution in [0.1, 0.15) is 79.6 Å². The summed E-state index contributed by atoms with van der Waals surface area (Å²) in [5, 5.41) is 0. The van der Waals surface area contributed by atoms with Gasteiger partial charge < -0.3 is 9.47 Å². The lowest BCUT2D eigenvalue weighted by atomic mass is 9.47. The van der Waals surface area contributed by atoms with Gasteiger partial charge in [-0.1, -0.05) is 19.4 Å². The van der Waals surface area contributed by atoms with Crippen molar-refractivity contribution in [1.29, 1.82) is 0 Å². The molecule has 25 heavy (non-hydrogen) atoms. The molecule has 2 saturated carbocycles. The van der Waals surface area contributed by atoms with E-state index in [0.717, 1.165) is 37.4 Å². The molecule has 140 valence electrons.